The smallest absolute Gasteiger partial charge is 0.233 e. The molecular weight excluding hydrogens is 310 g/mol. The van der Waals surface area contributed by atoms with E-state index < -0.39 is 0 Å². The molecule has 23 heavy (non-hydrogen) atoms. The van der Waals surface area contributed by atoms with E-state index in [-0.39, 0.29) is 5.91 Å². The molecular formula is C16H17N5OS. The zero-order chi connectivity index (χ0) is 16.1. The van der Waals surface area contributed by atoms with Gasteiger partial charge in [-0.25, -0.2) is 0 Å². The molecule has 3 heterocycles. The third-order valence-electron chi connectivity index (χ3n) is 3.28. The van der Waals surface area contributed by atoms with Crippen LogP contribution < -0.4 is 5.32 Å². The average molecular weight is 327 g/mol. The summed E-state index contributed by atoms with van der Waals surface area (Å²) in [5, 5.41) is 9.21. The van der Waals surface area contributed by atoms with Gasteiger partial charge < -0.3 is 0 Å². The quantitative estimate of drug-likeness (QED) is 0.755. The predicted molar refractivity (Wildman–Crippen MR) is 89.8 cm³/mol. The Morgan fingerprint density at radius 2 is 2.13 bits per heavy atom. The Morgan fingerprint density at radius 1 is 1.30 bits per heavy atom. The summed E-state index contributed by atoms with van der Waals surface area (Å²) >= 11 is 1.72. The second kappa shape index (κ2) is 7.15. The van der Waals surface area contributed by atoms with E-state index >= 15 is 0 Å². The molecule has 0 aliphatic rings. The molecule has 7 heteroatoms. The van der Waals surface area contributed by atoms with Gasteiger partial charge in [0.05, 0.1) is 5.69 Å². The first-order valence-electron chi connectivity index (χ1n) is 7.38. The summed E-state index contributed by atoms with van der Waals surface area (Å²) in [6.45, 7) is 1.80. The largest absolute Gasteiger partial charge is 0.294 e. The number of aromatic nitrogens is 4. The van der Waals surface area contributed by atoms with Crippen molar-refractivity contribution in [1.29, 1.82) is 0 Å². The number of nitrogens with one attached hydrogen (secondary N) is 1. The number of thiophene rings is 1. The van der Waals surface area contributed by atoms with Crippen molar-refractivity contribution in [1.82, 2.24) is 19.7 Å². The summed E-state index contributed by atoms with van der Waals surface area (Å²) in [6, 6.07) is 7.76. The molecule has 0 bridgehead atoms. The standard InChI is InChI=1S/C16H17N5OS/c1-12-18-16(21(20-12)13-7-9-17-10-8-13)19-15(22)6-2-4-14-5-3-11-23-14/h3,5,7-11H,2,4,6H2,1H3,(H,18,19,20,22). The molecule has 0 radical (unpaired) electrons. The Morgan fingerprint density at radius 3 is 2.87 bits per heavy atom. The van der Waals surface area contributed by atoms with Gasteiger partial charge >= 0.3 is 0 Å². The van der Waals surface area contributed by atoms with Gasteiger partial charge in [-0.2, -0.15) is 9.67 Å². The van der Waals surface area contributed by atoms with Crippen LogP contribution in [0, 0.1) is 6.92 Å². The number of amides is 1. The number of nitrogens with zero attached hydrogens (tertiary/aromatic N) is 4. The van der Waals surface area contributed by atoms with E-state index in [1.807, 2.05) is 18.2 Å². The van der Waals surface area contributed by atoms with Crippen LogP contribution >= 0.6 is 11.3 Å². The normalized spacial score (nSPS) is 10.7. The van der Waals surface area contributed by atoms with Crippen LogP contribution in [0.15, 0.2) is 42.0 Å². The second-order valence-electron chi connectivity index (χ2n) is 5.08. The highest BCUT2D eigenvalue weighted by Gasteiger charge is 2.12. The number of pyridine rings is 1. The Balaban J connectivity index is 1.62. The summed E-state index contributed by atoms with van der Waals surface area (Å²) in [5.41, 5.74) is 0.814. The molecule has 0 spiro atoms. The van der Waals surface area contributed by atoms with Crippen LogP contribution in [0.4, 0.5) is 5.95 Å². The molecule has 0 atom stereocenters. The van der Waals surface area contributed by atoms with Crippen molar-refractivity contribution in [2.24, 2.45) is 0 Å². The Bertz CT molecular complexity index is 767. The molecule has 1 amide bonds. The minimum Gasteiger partial charge on any atom is -0.294 e. The third-order valence-corrected chi connectivity index (χ3v) is 4.21. The summed E-state index contributed by atoms with van der Waals surface area (Å²) in [6.07, 6.45) is 5.55. The molecule has 6 nitrogen and oxygen atoms in total. The van der Waals surface area contributed by atoms with Crippen LogP contribution in [0.2, 0.25) is 0 Å². The monoisotopic (exact) mass is 327 g/mol. The molecule has 0 aliphatic heterocycles. The highest BCUT2D eigenvalue weighted by molar-refractivity contribution is 7.09. The van der Waals surface area contributed by atoms with Crippen LogP contribution in [0.1, 0.15) is 23.5 Å². The summed E-state index contributed by atoms with van der Waals surface area (Å²) < 4.78 is 1.62. The van der Waals surface area contributed by atoms with E-state index in [2.05, 4.69) is 31.8 Å². The third kappa shape index (κ3) is 4.01. The lowest BCUT2D eigenvalue weighted by atomic mass is 10.2. The summed E-state index contributed by atoms with van der Waals surface area (Å²) in [5.74, 6) is 0.995. The van der Waals surface area contributed by atoms with Gasteiger partial charge in [0.1, 0.15) is 5.82 Å². The zero-order valence-corrected chi connectivity index (χ0v) is 13.6. The molecule has 0 aliphatic carbocycles. The molecule has 3 aromatic rings. The number of anilines is 1. The Kier molecular flexibility index (Phi) is 4.77. The number of carbonyl (C=O) groups is 1. The van der Waals surface area contributed by atoms with Gasteiger partial charge in [-0.3, -0.25) is 15.1 Å². The van der Waals surface area contributed by atoms with Crippen molar-refractivity contribution in [2.45, 2.75) is 26.2 Å². The van der Waals surface area contributed by atoms with Crippen LogP contribution in [0.3, 0.4) is 0 Å². The predicted octanol–water partition coefficient (Wildman–Crippen LogP) is 2.99. The molecule has 0 fully saturated rings. The maximum absolute atomic E-state index is 12.1. The molecule has 3 aromatic heterocycles. The topological polar surface area (TPSA) is 72.7 Å². The van der Waals surface area contributed by atoms with Gasteiger partial charge in [0.25, 0.3) is 0 Å². The molecule has 1 N–H and O–H groups in total. The van der Waals surface area contributed by atoms with E-state index in [0.717, 1.165) is 18.5 Å². The first kappa shape index (κ1) is 15.4. The van der Waals surface area contributed by atoms with Crippen LogP contribution in [-0.4, -0.2) is 25.7 Å². The van der Waals surface area contributed by atoms with Gasteiger partial charge in [-0.1, -0.05) is 6.07 Å². The van der Waals surface area contributed by atoms with Crippen molar-refractivity contribution < 1.29 is 4.79 Å². The minimum absolute atomic E-state index is 0.0516. The van der Waals surface area contributed by atoms with E-state index in [0.29, 0.717) is 18.2 Å². The minimum atomic E-state index is -0.0516. The van der Waals surface area contributed by atoms with Crippen molar-refractivity contribution in [3.05, 3.63) is 52.7 Å². The van der Waals surface area contributed by atoms with Crippen LogP contribution in [0.5, 0.6) is 0 Å². The maximum Gasteiger partial charge on any atom is 0.233 e. The maximum atomic E-state index is 12.1. The molecule has 118 valence electrons. The van der Waals surface area contributed by atoms with Crippen molar-refractivity contribution in [3.8, 4) is 5.69 Å². The second-order valence-corrected chi connectivity index (χ2v) is 6.11. The Hall–Kier alpha value is -2.54. The lowest BCUT2D eigenvalue weighted by Crippen LogP contribution is -2.15. The van der Waals surface area contributed by atoms with Gasteiger partial charge in [0.15, 0.2) is 0 Å². The molecule has 0 saturated heterocycles. The van der Waals surface area contributed by atoms with Gasteiger partial charge in [-0.15, -0.1) is 16.4 Å². The van der Waals surface area contributed by atoms with Crippen LogP contribution in [-0.2, 0) is 11.2 Å². The molecule has 0 unspecified atom stereocenters. The molecule has 3 rings (SSSR count). The number of carbonyl (C=O) groups excluding carboxylic acids is 1. The van der Waals surface area contributed by atoms with Crippen molar-refractivity contribution in [2.75, 3.05) is 5.32 Å². The number of hydrogen-bond acceptors (Lipinski definition) is 5. The summed E-state index contributed by atoms with van der Waals surface area (Å²) in [7, 11) is 0. The van der Waals surface area contributed by atoms with E-state index in [1.54, 1.807) is 35.3 Å². The number of hydrogen-bond donors (Lipinski definition) is 1. The molecule has 0 saturated carbocycles. The average Bonchev–Trinajstić information content (AvgIpc) is 3.18. The highest BCUT2D eigenvalue weighted by Crippen LogP contribution is 2.15. The lowest BCUT2D eigenvalue weighted by molar-refractivity contribution is -0.116. The highest BCUT2D eigenvalue weighted by atomic mass is 32.1. The van der Waals surface area contributed by atoms with E-state index in [4.69, 9.17) is 0 Å². The SMILES string of the molecule is Cc1nc(NC(=O)CCCc2cccs2)n(-c2ccncc2)n1. The lowest BCUT2D eigenvalue weighted by Gasteiger charge is -2.06. The van der Waals surface area contributed by atoms with Crippen molar-refractivity contribution >= 4 is 23.2 Å². The first-order chi connectivity index (χ1) is 11.2. The van der Waals surface area contributed by atoms with Gasteiger partial charge in [-0.05, 0) is 43.3 Å². The fraction of sp³-hybridized carbons (Fsp3) is 0.250. The van der Waals surface area contributed by atoms with E-state index in [1.165, 1.54) is 4.88 Å². The van der Waals surface area contributed by atoms with Gasteiger partial charge in [0, 0.05) is 23.7 Å². The Labute approximate surface area is 138 Å². The van der Waals surface area contributed by atoms with Crippen LogP contribution in [0.25, 0.3) is 5.69 Å². The van der Waals surface area contributed by atoms with Crippen molar-refractivity contribution in [3.63, 3.8) is 0 Å². The fourth-order valence-corrected chi connectivity index (χ4v) is 2.98. The van der Waals surface area contributed by atoms with Gasteiger partial charge in [0.2, 0.25) is 11.9 Å². The number of aryl methyl sites for hydroxylation is 2. The van der Waals surface area contributed by atoms with E-state index in [9.17, 15) is 4.79 Å². The number of rotatable bonds is 6. The summed E-state index contributed by atoms with van der Waals surface area (Å²) in [4.78, 5) is 21.7. The zero-order valence-electron chi connectivity index (χ0n) is 12.8. The first-order valence-corrected chi connectivity index (χ1v) is 8.26. The molecule has 0 aromatic carbocycles. The fourth-order valence-electron chi connectivity index (χ4n) is 2.23.